The third-order valence-corrected chi connectivity index (χ3v) is 6.01. The van der Waals surface area contributed by atoms with Gasteiger partial charge in [0.2, 0.25) is 0 Å². The molecule has 4 rings (SSSR count). The van der Waals surface area contributed by atoms with Crippen LogP contribution in [0, 0.1) is 0 Å². The molecule has 0 unspecified atom stereocenters. The summed E-state index contributed by atoms with van der Waals surface area (Å²) in [4.78, 5) is 19.3. The number of aromatic nitrogens is 1. The quantitative estimate of drug-likeness (QED) is 0.600. The van der Waals surface area contributed by atoms with E-state index in [0.29, 0.717) is 20.9 Å². The number of halogens is 2. The first kappa shape index (κ1) is 20.2. The van der Waals surface area contributed by atoms with Gasteiger partial charge in [-0.2, -0.15) is 0 Å². The molecule has 1 aliphatic heterocycles. The Morgan fingerprint density at radius 1 is 1.24 bits per heavy atom. The molecule has 152 valence electrons. The van der Waals surface area contributed by atoms with E-state index in [1.54, 1.807) is 25.1 Å². The van der Waals surface area contributed by atoms with Crippen molar-refractivity contribution in [1.29, 1.82) is 0 Å². The van der Waals surface area contributed by atoms with Crippen molar-refractivity contribution in [2.45, 2.75) is 13.0 Å². The number of nitrogens with zero attached hydrogens (tertiary/aromatic N) is 2. The van der Waals surface area contributed by atoms with Gasteiger partial charge < -0.3 is 14.4 Å². The van der Waals surface area contributed by atoms with Crippen LogP contribution in [0.3, 0.4) is 0 Å². The number of hydrogen-bond donors (Lipinski definition) is 1. The van der Waals surface area contributed by atoms with Crippen molar-refractivity contribution < 1.29 is 14.3 Å². The molecule has 6 nitrogen and oxygen atoms in total. The fourth-order valence-corrected chi connectivity index (χ4v) is 4.36. The SMILES string of the molecule is C[C@@H](Oc1ccc(Cl)cc1Cl)C(=O)Nc1nc2ccc(N3CCOCC3)cc2s1. The minimum Gasteiger partial charge on any atom is -0.479 e. The Morgan fingerprint density at radius 3 is 2.79 bits per heavy atom. The number of morpholine rings is 1. The van der Waals surface area contributed by atoms with Crippen LogP contribution in [0.25, 0.3) is 10.2 Å². The van der Waals surface area contributed by atoms with Crippen LogP contribution in [0.2, 0.25) is 10.0 Å². The second-order valence-corrected chi connectivity index (χ2v) is 8.47. The summed E-state index contributed by atoms with van der Waals surface area (Å²) in [5.74, 6) is 0.0987. The molecule has 1 atom stereocenters. The Morgan fingerprint density at radius 2 is 2.03 bits per heavy atom. The summed E-state index contributed by atoms with van der Waals surface area (Å²) in [6.07, 6.45) is -0.746. The zero-order valence-corrected chi connectivity index (χ0v) is 18.0. The van der Waals surface area contributed by atoms with Crippen molar-refractivity contribution >= 4 is 61.5 Å². The zero-order chi connectivity index (χ0) is 20.4. The molecule has 9 heteroatoms. The topological polar surface area (TPSA) is 63.7 Å². The molecular formula is C20H19Cl2N3O3S. The molecule has 1 amide bonds. The molecule has 1 aromatic heterocycles. The molecule has 0 saturated carbocycles. The summed E-state index contributed by atoms with van der Waals surface area (Å²) in [7, 11) is 0. The van der Waals surface area contributed by atoms with E-state index in [1.807, 2.05) is 12.1 Å². The highest BCUT2D eigenvalue weighted by Crippen LogP contribution is 2.31. The molecule has 1 fully saturated rings. The van der Waals surface area contributed by atoms with E-state index in [9.17, 15) is 4.79 Å². The van der Waals surface area contributed by atoms with Gasteiger partial charge in [-0.25, -0.2) is 4.98 Å². The molecular weight excluding hydrogens is 433 g/mol. The van der Waals surface area contributed by atoms with Gasteiger partial charge in [0.15, 0.2) is 11.2 Å². The van der Waals surface area contributed by atoms with Gasteiger partial charge in [0, 0.05) is 23.8 Å². The first-order valence-electron chi connectivity index (χ1n) is 9.15. The molecule has 0 bridgehead atoms. The molecule has 1 N–H and O–H groups in total. The number of rotatable bonds is 5. The normalized spacial score (nSPS) is 15.3. The van der Waals surface area contributed by atoms with E-state index in [0.717, 1.165) is 42.2 Å². The lowest BCUT2D eigenvalue weighted by molar-refractivity contribution is -0.122. The first-order valence-corrected chi connectivity index (χ1v) is 10.7. The average Bonchev–Trinajstić information content (AvgIpc) is 3.12. The van der Waals surface area contributed by atoms with Crippen LogP contribution in [-0.2, 0) is 9.53 Å². The number of carbonyl (C=O) groups is 1. The van der Waals surface area contributed by atoms with Gasteiger partial charge >= 0.3 is 0 Å². The first-order chi connectivity index (χ1) is 14.0. The molecule has 2 aromatic carbocycles. The molecule has 1 saturated heterocycles. The second kappa shape index (κ2) is 8.75. The smallest absolute Gasteiger partial charge is 0.266 e. The van der Waals surface area contributed by atoms with Crippen LogP contribution in [-0.4, -0.2) is 43.3 Å². The maximum atomic E-state index is 12.5. The standard InChI is InChI=1S/C20H19Cl2N3O3S/c1-12(28-17-5-2-13(21)10-15(17)22)19(26)24-20-23-16-4-3-14(11-18(16)29-20)25-6-8-27-9-7-25/h2-5,10-12H,6-9H2,1H3,(H,23,24,26)/t12-/m1/s1. The number of ether oxygens (including phenoxy) is 2. The Kier molecular flexibility index (Phi) is 6.10. The number of hydrogen-bond acceptors (Lipinski definition) is 6. The van der Waals surface area contributed by atoms with E-state index in [-0.39, 0.29) is 5.91 Å². The predicted molar refractivity (Wildman–Crippen MR) is 118 cm³/mol. The van der Waals surface area contributed by atoms with Gasteiger partial charge in [-0.05, 0) is 43.3 Å². The lowest BCUT2D eigenvalue weighted by Gasteiger charge is -2.28. The van der Waals surface area contributed by atoms with Crippen molar-refractivity contribution in [3.63, 3.8) is 0 Å². The lowest BCUT2D eigenvalue weighted by Crippen LogP contribution is -2.36. The summed E-state index contributed by atoms with van der Waals surface area (Å²) in [6, 6.07) is 11.0. The van der Waals surface area contributed by atoms with Crippen molar-refractivity contribution in [3.05, 3.63) is 46.4 Å². The zero-order valence-electron chi connectivity index (χ0n) is 15.7. The predicted octanol–water partition coefficient (Wildman–Crippen LogP) is 4.85. The summed E-state index contributed by atoms with van der Waals surface area (Å²) in [6.45, 7) is 4.87. The Labute approximate surface area is 182 Å². The fraction of sp³-hybridized carbons (Fsp3) is 0.300. The number of nitrogens with one attached hydrogen (secondary N) is 1. The molecule has 0 radical (unpaired) electrons. The van der Waals surface area contributed by atoms with Gasteiger partial charge in [-0.3, -0.25) is 10.1 Å². The van der Waals surface area contributed by atoms with E-state index in [1.165, 1.54) is 11.3 Å². The summed E-state index contributed by atoms with van der Waals surface area (Å²) in [5.41, 5.74) is 1.98. The Balaban J connectivity index is 1.44. The van der Waals surface area contributed by atoms with E-state index in [2.05, 4.69) is 21.3 Å². The number of fused-ring (bicyclic) bond motifs is 1. The number of amides is 1. The third kappa shape index (κ3) is 4.75. The van der Waals surface area contributed by atoms with E-state index < -0.39 is 6.10 Å². The van der Waals surface area contributed by atoms with Gasteiger partial charge in [-0.1, -0.05) is 34.5 Å². The van der Waals surface area contributed by atoms with Crippen molar-refractivity contribution in [2.24, 2.45) is 0 Å². The molecule has 29 heavy (non-hydrogen) atoms. The number of benzene rings is 2. The monoisotopic (exact) mass is 451 g/mol. The minimum atomic E-state index is -0.746. The number of anilines is 2. The molecule has 3 aromatic rings. The molecule has 0 aliphatic carbocycles. The largest absolute Gasteiger partial charge is 0.479 e. The molecule has 1 aliphatic rings. The fourth-order valence-electron chi connectivity index (χ4n) is 3.01. The van der Waals surface area contributed by atoms with Crippen LogP contribution in [0.4, 0.5) is 10.8 Å². The van der Waals surface area contributed by atoms with Crippen LogP contribution in [0.5, 0.6) is 5.75 Å². The maximum absolute atomic E-state index is 12.5. The highest BCUT2D eigenvalue weighted by molar-refractivity contribution is 7.22. The Bertz CT molecular complexity index is 1040. The Hall–Kier alpha value is -2.06. The summed E-state index contributed by atoms with van der Waals surface area (Å²) >= 11 is 13.4. The second-order valence-electron chi connectivity index (χ2n) is 6.59. The summed E-state index contributed by atoms with van der Waals surface area (Å²) < 4.78 is 12.1. The average molecular weight is 452 g/mol. The minimum absolute atomic E-state index is 0.302. The number of thiazole rings is 1. The van der Waals surface area contributed by atoms with Crippen molar-refractivity contribution in [1.82, 2.24) is 4.98 Å². The van der Waals surface area contributed by atoms with Gasteiger partial charge in [0.1, 0.15) is 5.75 Å². The third-order valence-electron chi connectivity index (χ3n) is 4.55. The van der Waals surface area contributed by atoms with Crippen molar-refractivity contribution in [3.8, 4) is 5.75 Å². The van der Waals surface area contributed by atoms with Crippen molar-refractivity contribution in [2.75, 3.05) is 36.5 Å². The highest BCUT2D eigenvalue weighted by Gasteiger charge is 2.19. The van der Waals surface area contributed by atoms with Gasteiger partial charge in [0.25, 0.3) is 5.91 Å². The van der Waals surface area contributed by atoms with Gasteiger partial charge in [0.05, 0.1) is 28.5 Å². The van der Waals surface area contributed by atoms with Gasteiger partial charge in [-0.15, -0.1) is 0 Å². The van der Waals surface area contributed by atoms with E-state index >= 15 is 0 Å². The lowest BCUT2D eigenvalue weighted by atomic mass is 10.2. The van der Waals surface area contributed by atoms with Crippen LogP contribution in [0.15, 0.2) is 36.4 Å². The number of carbonyl (C=O) groups excluding carboxylic acids is 1. The maximum Gasteiger partial charge on any atom is 0.266 e. The molecule has 2 heterocycles. The van der Waals surface area contributed by atoms with Crippen LogP contribution in [0.1, 0.15) is 6.92 Å². The highest BCUT2D eigenvalue weighted by atomic mass is 35.5. The summed E-state index contributed by atoms with van der Waals surface area (Å²) in [5, 5.41) is 4.21. The molecule has 0 spiro atoms. The van der Waals surface area contributed by atoms with Crippen LogP contribution < -0.4 is 15.0 Å². The van der Waals surface area contributed by atoms with Crippen LogP contribution >= 0.6 is 34.5 Å². The van der Waals surface area contributed by atoms with E-state index in [4.69, 9.17) is 32.7 Å².